The minimum Gasteiger partial charge on any atom is -0.302 e. The summed E-state index contributed by atoms with van der Waals surface area (Å²) in [4.78, 5) is 12.7. The van der Waals surface area contributed by atoms with Crippen LogP contribution in [0.4, 0.5) is 4.39 Å². The van der Waals surface area contributed by atoms with Gasteiger partial charge in [-0.2, -0.15) is 0 Å². The van der Waals surface area contributed by atoms with E-state index in [9.17, 15) is 9.18 Å². The molecule has 28 heavy (non-hydrogen) atoms. The van der Waals surface area contributed by atoms with Gasteiger partial charge in [0.05, 0.1) is 11.3 Å². The number of hydrogen-bond acceptors (Lipinski definition) is 4. The summed E-state index contributed by atoms with van der Waals surface area (Å²) in [5, 5.41) is 9.10. The number of hydrogen-bond donors (Lipinski definition) is 0. The zero-order chi connectivity index (χ0) is 20.3. The molecule has 0 atom stereocenters. The van der Waals surface area contributed by atoms with E-state index in [1.54, 1.807) is 18.2 Å². The number of Topliss-reactive ketones (excluding diaryl/α,β-unsaturated/α-hetero) is 1. The van der Waals surface area contributed by atoms with Crippen molar-refractivity contribution in [2.75, 3.05) is 5.75 Å². The van der Waals surface area contributed by atoms with Crippen LogP contribution < -0.4 is 0 Å². The minimum atomic E-state index is -0.331. The molecule has 146 valence electrons. The van der Waals surface area contributed by atoms with E-state index in [0.717, 1.165) is 16.7 Å². The molecule has 1 heterocycles. The summed E-state index contributed by atoms with van der Waals surface area (Å²) in [6.07, 6.45) is 0. The van der Waals surface area contributed by atoms with Gasteiger partial charge in [-0.25, -0.2) is 4.39 Å². The number of carbonyl (C=O) groups excluding carboxylic acids is 1. The van der Waals surface area contributed by atoms with Gasteiger partial charge < -0.3 is 4.57 Å². The number of thioether (sulfide) groups is 1. The van der Waals surface area contributed by atoms with Crippen molar-refractivity contribution in [3.8, 4) is 11.4 Å². The van der Waals surface area contributed by atoms with Crippen LogP contribution in [0.25, 0.3) is 11.4 Å². The summed E-state index contributed by atoms with van der Waals surface area (Å²) in [5.74, 6) is 0.808. The van der Waals surface area contributed by atoms with Crippen LogP contribution in [0.15, 0.2) is 47.6 Å². The Bertz CT molecular complexity index is 997. The van der Waals surface area contributed by atoms with E-state index in [4.69, 9.17) is 0 Å². The fourth-order valence-corrected chi connectivity index (χ4v) is 3.84. The number of aromatic nitrogens is 3. The van der Waals surface area contributed by atoms with Crippen molar-refractivity contribution in [1.29, 1.82) is 0 Å². The Morgan fingerprint density at radius 1 is 1.14 bits per heavy atom. The predicted octanol–water partition coefficient (Wildman–Crippen LogP) is 5.33. The van der Waals surface area contributed by atoms with Gasteiger partial charge in [-0.05, 0) is 43.5 Å². The molecule has 0 aliphatic carbocycles. The Kier molecular flexibility index (Phi) is 6.29. The first-order chi connectivity index (χ1) is 13.4. The Labute approximate surface area is 169 Å². The zero-order valence-corrected chi connectivity index (χ0v) is 17.4. The van der Waals surface area contributed by atoms with Crippen LogP contribution in [-0.2, 0) is 6.54 Å². The molecular weight excluding hydrogens is 373 g/mol. The maximum Gasteiger partial charge on any atom is 0.191 e. The SMILES string of the molecule is Cc1ccc(C)c(C(=O)CSc2nnc(-c3ccccc3F)n2CC(C)C)c1. The van der Waals surface area contributed by atoms with E-state index in [0.29, 0.717) is 29.0 Å². The van der Waals surface area contributed by atoms with Gasteiger partial charge >= 0.3 is 0 Å². The van der Waals surface area contributed by atoms with Crippen LogP contribution >= 0.6 is 11.8 Å². The van der Waals surface area contributed by atoms with Gasteiger partial charge in [0.2, 0.25) is 0 Å². The molecule has 4 nitrogen and oxygen atoms in total. The van der Waals surface area contributed by atoms with E-state index in [-0.39, 0.29) is 17.4 Å². The molecule has 0 saturated carbocycles. The lowest BCUT2D eigenvalue weighted by molar-refractivity contribution is 0.102. The van der Waals surface area contributed by atoms with Crippen molar-refractivity contribution < 1.29 is 9.18 Å². The molecule has 1 aromatic heterocycles. The number of nitrogens with zero attached hydrogens (tertiary/aromatic N) is 3. The topological polar surface area (TPSA) is 47.8 Å². The largest absolute Gasteiger partial charge is 0.302 e. The molecule has 0 spiro atoms. The lowest BCUT2D eigenvalue weighted by Gasteiger charge is -2.13. The fourth-order valence-electron chi connectivity index (χ4n) is 3.01. The quantitative estimate of drug-likeness (QED) is 0.399. The first kappa shape index (κ1) is 20.3. The fraction of sp³-hybridized carbons (Fsp3) is 0.318. The molecule has 0 amide bonds. The number of rotatable bonds is 7. The van der Waals surface area contributed by atoms with Gasteiger partial charge in [0.25, 0.3) is 0 Å². The summed E-state index contributed by atoms with van der Waals surface area (Å²) < 4.78 is 16.2. The number of halogens is 1. The average molecular weight is 398 g/mol. The smallest absolute Gasteiger partial charge is 0.191 e. The molecule has 0 radical (unpaired) electrons. The molecule has 0 aliphatic heterocycles. The molecular formula is C22H24FN3OS. The minimum absolute atomic E-state index is 0.0535. The molecule has 0 bridgehead atoms. The summed E-state index contributed by atoms with van der Waals surface area (Å²) >= 11 is 1.35. The molecule has 0 fully saturated rings. The Morgan fingerprint density at radius 3 is 2.61 bits per heavy atom. The van der Waals surface area contributed by atoms with E-state index < -0.39 is 0 Å². The second-order valence-corrected chi connectivity index (χ2v) is 8.26. The van der Waals surface area contributed by atoms with Crippen LogP contribution in [0.2, 0.25) is 0 Å². The van der Waals surface area contributed by atoms with Crippen LogP contribution in [-0.4, -0.2) is 26.3 Å². The molecule has 0 saturated heterocycles. The number of benzene rings is 2. The van der Waals surface area contributed by atoms with Gasteiger partial charge in [0, 0.05) is 12.1 Å². The summed E-state index contributed by atoms with van der Waals surface area (Å²) in [6, 6.07) is 12.4. The van der Waals surface area contributed by atoms with Crippen molar-refractivity contribution in [3.63, 3.8) is 0 Å². The van der Waals surface area contributed by atoms with Crippen LogP contribution in [0.3, 0.4) is 0 Å². The highest BCUT2D eigenvalue weighted by atomic mass is 32.2. The lowest BCUT2D eigenvalue weighted by atomic mass is 10.0. The van der Waals surface area contributed by atoms with Gasteiger partial charge in [-0.3, -0.25) is 4.79 Å². The van der Waals surface area contributed by atoms with Crippen molar-refractivity contribution in [2.24, 2.45) is 5.92 Å². The van der Waals surface area contributed by atoms with Crippen molar-refractivity contribution in [2.45, 2.75) is 39.4 Å². The van der Waals surface area contributed by atoms with Gasteiger partial charge in [0.15, 0.2) is 16.8 Å². The molecule has 0 aliphatic rings. The van der Waals surface area contributed by atoms with E-state index in [1.807, 2.05) is 36.6 Å². The highest BCUT2D eigenvalue weighted by molar-refractivity contribution is 7.99. The maximum absolute atomic E-state index is 14.3. The molecule has 6 heteroatoms. The molecule has 3 rings (SSSR count). The van der Waals surface area contributed by atoms with E-state index in [2.05, 4.69) is 24.0 Å². The highest BCUT2D eigenvalue weighted by Gasteiger charge is 2.19. The maximum atomic E-state index is 14.3. The highest BCUT2D eigenvalue weighted by Crippen LogP contribution is 2.27. The zero-order valence-electron chi connectivity index (χ0n) is 16.6. The van der Waals surface area contributed by atoms with Crippen LogP contribution in [0, 0.1) is 25.6 Å². The normalized spacial score (nSPS) is 11.2. The van der Waals surface area contributed by atoms with Gasteiger partial charge in [-0.15, -0.1) is 10.2 Å². The number of carbonyl (C=O) groups is 1. The third-order valence-electron chi connectivity index (χ3n) is 4.41. The summed E-state index contributed by atoms with van der Waals surface area (Å²) in [5.41, 5.74) is 3.18. The van der Waals surface area contributed by atoms with Crippen LogP contribution in [0.5, 0.6) is 0 Å². The molecule has 2 aromatic carbocycles. The standard InChI is InChI=1S/C22H24FN3OS/c1-14(2)12-26-21(17-7-5-6-8-19(17)23)24-25-22(26)28-13-20(27)18-11-15(3)9-10-16(18)4/h5-11,14H,12-13H2,1-4H3. The van der Waals surface area contributed by atoms with Gasteiger partial charge in [-0.1, -0.05) is 55.4 Å². The van der Waals surface area contributed by atoms with E-state index in [1.165, 1.54) is 17.8 Å². The van der Waals surface area contributed by atoms with Crippen molar-refractivity contribution in [3.05, 3.63) is 65.0 Å². The first-order valence-corrected chi connectivity index (χ1v) is 10.3. The van der Waals surface area contributed by atoms with Crippen molar-refractivity contribution >= 4 is 17.5 Å². The summed E-state index contributed by atoms with van der Waals surface area (Å²) in [7, 11) is 0. The third-order valence-corrected chi connectivity index (χ3v) is 5.37. The Hall–Kier alpha value is -2.47. The van der Waals surface area contributed by atoms with E-state index >= 15 is 0 Å². The second-order valence-electron chi connectivity index (χ2n) is 7.32. The Balaban J connectivity index is 1.87. The van der Waals surface area contributed by atoms with Crippen molar-refractivity contribution in [1.82, 2.24) is 14.8 Å². The monoisotopic (exact) mass is 397 g/mol. The molecule has 0 unspecified atom stereocenters. The number of ketones is 1. The molecule has 0 N–H and O–H groups in total. The van der Waals surface area contributed by atoms with Gasteiger partial charge in [0.1, 0.15) is 5.82 Å². The second kappa shape index (κ2) is 8.69. The van der Waals surface area contributed by atoms with Crippen LogP contribution in [0.1, 0.15) is 35.3 Å². The Morgan fingerprint density at radius 2 is 1.89 bits per heavy atom. The average Bonchev–Trinajstić information content (AvgIpc) is 3.04. The molecule has 3 aromatic rings. The predicted molar refractivity (Wildman–Crippen MR) is 111 cm³/mol. The first-order valence-electron chi connectivity index (χ1n) is 9.28. The number of aryl methyl sites for hydroxylation is 2. The summed E-state index contributed by atoms with van der Waals surface area (Å²) in [6.45, 7) is 8.73. The third kappa shape index (κ3) is 4.50. The lowest BCUT2D eigenvalue weighted by Crippen LogP contribution is -2.10.